The summed E-state index contributed by atoms with van der Waals surface area (Å²) in [6.07, 6.45) is 1.15. The molecule has 114 valence electrons. The highest BCUT2D eigenvalue weighted by Crippen LogP contribution is 2.28. The highest BCUT2D eigenvalue weighted by Gasteiger charge is 2.10. The molecule has 0 fully saturated rings. The predicted molar refractivity (Wildman–Crippen MR) is 90.4 cm³/mol. The lowest BCUT2D eigenvalue weighted by atomic mass is 10.1. The smallest absolute Gasteiger partial charge is 0.126 e. The summed E-state index contributed by atoms with van der Waals surface area (Å²) in [7, 11) is 0. The molecule has 1 unspecified atom stereocenters. The molecule has 0 saturated carbocycles. The monoisotopic (exact) mass is 341 g/mol. The van der Waals surface area contributed by atoms with Crippen LogP contribution >= 0.6 is 15.9 Å². The van der Waals surface area contributed by atoms with E-state index in [-0.39, 0.29) is 0 Å². The van der Waals surface area contributed by atoms with Crippen LogP contribution in [0.5, 0.6) is 5.75 Å². The van der Waals surface area contributed by atoms with E-state index in [2.05, 4.69) is 68.0 Å². The third-order valence-corrected chi connectivity index (χ3v) is 3.85. The van der Waals surface area contributed by atoms with Crippen LogP contribution in [-0.2, 0) is 6.54 Å². The first-order chi connectivity index (χ1) is 9.43. The van der Waals surface area contributed by atoms with Gasteiger partial charge >= 0.3 is 0 Å². The molecular formula is C17H28BrNO. The van der Waals surface area contributed by atoms with Gasteiger partial charge in [0.25, 0.3) is 0 Å². The Morgan fingerprint density at radius 2 is 1.95 bits per heavy atom. The topological polar surface area (TPSA) is 21.3 Å². The van der Waals surface area contributed by atoms with Gasteiger partial charge in [-0.25, -0.2) is 0 Å². The molecule has 0 spiro atoms. The molecule has 1 aromatic rings. The lowest BCUT2D eigenvalue weighted by molar-refractivity contribution is 0.252. The molecule has 0 aliphatic carbocycles. The first kappa shape index (κ1) is 17.5. The number of rotatable bonds is 8. The first-order valence-corrected chi connectivity index (χ1v) is 8.35. The fourth-order valence-corrected chi connectivity index (χ4v) is 2.60. The zero-order valence-electron chi connectivity index (χ0n) is 13.4. The van der Waals surface area contributed by atoms with Crippen molar-refractivity contribution in [2.45, 2.75) is 47.6 Å². The standard InChI is InChI=1S/C17H28BrNO/c1-6-13(4)11-20-17-14(5)7-16(18)8-15(17)10-19-9-12(2)3/h7-8,12-13,19H,6,9-11H2,1-5H3. The maximum absolute atomic E-state index is 6.07. The number of hydrogen-bond acceptors (Lipinski definition) is 2. The van der Waals surface area contributed by atoms with E-state index in [4.69, 9.17) is 4.74 Å². The van der Waals surface area contributed by atoms with Gasteiger partial charge in [0.05, 0.1) is 6.61 Å². The van der Waals surface area contributed by atoms with Gasteiger partial charge in [0.1, 0.15) is 5.75 Å². The maximum atomic E-state index is 6.07. The summed E-state index contributed by atoms with van der Waals surface area (Å²) in [6, 6.07) is 4.28. The van der Waals surface area contributed by atoms with Crippen LogP contribution in [0.2, 0.25) is 0 Å². The molecule has 0 radical (unpaired) electrons. The normalized spacial score (nSPS) is 12.8. The summed E-state index contributed by atoms with van der Waals surface area (Å²) in [6.45, 7) is 13.7. The van der Waals surface area contributed by atoms with Gasteiger partial charge in [0.15, 0.2) is 0 Å². The van der Waals surface area contributed by atoms with Crippen molar-refractivity contribution in [3.63, 3.8) is 0 Å². The summed E-state index contributed by atoms with van der Waals surface area (Å²) < 4.78 is 7.19. The minimum atomic E-state index is 0.592. The molecule has 0 amide bonds. The third kappa shape index (κ3) is 5.84. The highest BCUT2D eigenvalue weighted by molar-refractivity contribution is 9.10. The van der Waals surface area contributed by atoms with E-state index in [1.807, 2.05) is 0 Å². The van der Waals surface area contributed by atoms with Crippen molar-refractivity contribution < 1.29 is 4.74 Å². The minimum Gasteiger partial charge on any atom is -0.493 e. The summed E-state index contributed by atoms with van der Waals surface area (Å²) in [5.74, 6) is 2.30. The molecule has 0 aliphatic rings. The van der Waals surface area contributed by atoms with Gasteiger partial charge in [0, 0.05) is 16.6 Å². The van der Waals surface area contributed by atoms with Gasteiger partial charge in [-0.2, -0.15) is 0 Å². The van der Waals surface area contributed by atoms with Crippen LogP contribution in [0.3, 0.4) is 0 Å². The molecule has 3 heteroatoms. The quantitative estimate of drug-likeness (QED) is 0.723. The van der Waals surface area contributed by atoms with Crippen molar-refractivity contribution in [2.75, 3.05) is 13.2 Å². The average molecular weight is 342 g/mol. The second-order valence-electron chi connectivity index (χ2n) is 6.06. The number of halogens is 1. The third-order valence-electron chi connectivity index (χ3n) is 3.39. The van der Waals surface area contributed by atoms with Crippen LogP contribution in [0.1, 0.15) is 45.2 Å². The van der Waals surface area contributed by atoms with Gasteiger partial charge in [0.2, 0.25) is 0 Å². The van der Waals surface area contributed by atoms with Gasteiger partial charge in [-0.15, -0.1) is 0 Å². The SMILES string of the molecule is CCC(C)COc1c(C)cc(Br)cc1CNCC(C)C. The number of ether oxygens (including phenoxy) is 1. The Morgan fingerprint density at radius 1 is 1.25 bits per heavy atom. The molecule has 1 aromatic carbocycles. The van der Waals surface area contributed by atoms with E-state index >= 15 is 0 Å². The molecule has 0 bridgehead atoms. The van der Waals surface area contributed by atoms with E-state index < -0.39 is 0 Å². The molecule has 1 atom stereocenters. The summed E-state index contributed by atoms with van der Waals surface area (Å²) in [5.41, 5.74) is 2.44. The van der Waals surface area contributed by atoms with Crippen molar-refractivity contribution in [2.24, 2.45) is 11.8 Å². The second-order valence-corrected chi connectivity index (χ2v) is 6.98. The fraction of sp³-hybridized carbons (Fsp3) is 0.647. The molecule has 2 nitrogen and oxygen atoms in total. The Kier molecular flexibility index (Phi) is 7.60. The Hall–Kier alpha value is -0.540. The van der Waals surface area contributed by atoms with Gasteiger partial charge in [-0.3, -0.25) is 0 Å². The number of hydrogen-bond donors (Lipinski definition) is 1. The predicted octanol–water partition coefficient (Wildman–Crippen LogP) is 4.93. The average Bonchev–Trinajstić information content (AvgIpc) is 2.36. The zero-order valence-corrected chi connectivity index (χ0v) is 15.0. The van der Waals surface area contributed by atoms with Crippen molar-refractivity contribution in [3.8, 4) is 5.75 Å². The van der Waals surface area contributed by atoms with Gasteiger partial charge in [-0.1, -0.05) is 50.0 Å². The van der Waals surface area contributed by atoms with E-state index in [1.54, 1.807) is 0 Å². The summed E-state index contributed by atoms with van der Waals surface area (Å²) in [4.78, 5) is 0. The van der Waals surface area contributed by atoms with Crippen LogP contribution in [-0.4, -0.2) is 13.2 Å². The van der Waals surface area contributed by atoms with Gasteiger partial charge < -0.3 is 10.1 Å². The van der Waals surface area contributed by atoms with Crippen LogP contribution in [0.4, 0.5) is 0 Å². The Morgan fingerprint density at radius 3 is 2.55 bits per heavy atom. The van der Waals surface area contributed by atoms with E-state index in [9.17, 15) is 0 Å². The Labute approximate surface area is 132 Å². The lowest BCUT2D eigenvalue weighted by Crippen LogP contribution is -2.20. The largest absolute Gasteiger partial charge is 0.493 e. The lowest BCUT2D eigenvalue weighted by Gasteiger charge is -2.18. The Balaban J connectivity index is 2.78. The molecule has 0 aromatic heterocycles. The fourth-order valence-electron chi connectivity index (χ4n) is 1.98. The molecule has 0 saturated heterocycles. The first-order valence-electron chi connectivity index (χ1n) is 7.56. The zero-order chi connectivity index (χ0) is 15.1. The molecule has 0 aliphatic heterocycles. The summed E-state index contributed by atoms with van der Waals surface area (Å²) >= 11 is 3.58. The van der Waals surface area contributed by atoms with Crippen LogP contribution in [0.25, 0.3) is 0 Å². The van der Waals surface area contributed by atoms with Gasteiger partial charge in [-0.05, 0) is 43.0 Å². The van der Waals surface area contributed by atoms with Crippen molar-refractivity contribution in [1.29, 1.82) is 0 Å². The number of nitrogens with one attached hydrogen (secondary N) is 1. The number of benzene rings is 1. The van der Waals surface area contributed by atoms with Crippen molar-refractivity contribution in [3.05, 3.63) is 27.7 Å². The minimum absolute atomic E-state index is 0.592. The van der Waals surface area contributed by atoms with E-state index in [1.165, 1.54) is 11.1 Å². The van der Waals surface area contributed by atoms with Crippen LogP contribution in [0.15, 0.2) is 16.6 Å². The molecule has 1 N–H and O–H groups in total. The highest BCUT2D eigenvalue weighted by atomic mass is 79.9. The van der Waals surface area contributed by atoms with E-state index in [0.29, 0.717) is 11.8 Å². The number of aryl methyl sites for hydroxylation is 1. The summed E-state index contributed by atoms with van der Waals surface area (Å²) in [5, 5.41) is 3.50. The molecule has 20 heavy (non-hydrogen) atoms. The molecule has 1 rings (SSSR count). The molecule has 0 heterocycles. The van der Waals surface area contributed by atoms with Crippen LogP contribution in [0, 0.1) is 18.8 Å². The van der Waals surface area contributed by atoms with Crippen molar-refractivity contribution in [1.82, 2.24) is 5.32 Å². The van der Waals surface area contributed by atoms with Crippen molar-refractivity contribution >= 4 is 15.9 Å². The maximum Gasteiger partial charge on any atom is 0.126 e. The second kappa shape index (κ2) is 8.68. The molecular weight excluding hydrogens is 314 g/mol. The Bertz CT molecular complexity index is 418. The van der Waals surface area contributed by atoms with Crippen LogP contribution < -0.4 is 10.1 Å². The van der Waals surface area contributed by atoms with E-state index in [0.717, 1.165) is 36.3 Å².